The number of anilines is 2. The predicted octanol–water partition coefficient (Wildman–Crippen LogP) is 3.78. The molecule has 5 N–H and O–H groups in total. The van der Waals surface area contributed by atoms with E-state index in [1.165, 1.54) is 4.90 Å². The zero-order chi connectivity index (χ0) is 24.3. The van der Waals surface area contributed by atoms with Gasteiger partial charge in [-0.3, -0.25) is 19.3 Å². The Morgan fingerprint density at radius 1 is 1.06 bits per heavy atom. The molecule has 8 nitrogen and oxygen atoms in total. The second-order valence-electron chi connectivity index (χ2n) is 8.34. The van der Waals surface area contributed by atoms with E-state index >= 15 is 0 Å². The zero-order valence-corrected chi connectivity index (χ0v) is 19.9. The summed E-state index contributed by atoms with van der Waals surface area (Å²) in [6, 6.07) is 14.3. The van der Waals surface area contributed by atoms with Gasteiger partial charge in [-0.25, -0.2) is 0 Å². The molecule has 0 radical (unpaired) electrons. The lowest BCUT2D eigenvalue weighted by atomic mass is 10.0. The first-order valence-corrected chi connectivity index (χ1v) is 11.2. The van der Waals surface area contributed by atoms with Crippen LogP contribution in [0.2, 0.25) is 5.02 Å². The second-order valence-corrected chi connectivity index (χ2v) is 9.55. The van der Waals surface area contributed by atoms with E-state index in [0.29, 0.717) is 16.3 Å². The van der Waals surface area contributed by atoms with Crippen LogP contribution in [0.4, 0.5) is 11.4 Å². The van der Waals surface area contributed by atoms with Crippen molar-refractivity contribution in [1.29, 1.82) is 0 Å². The Labute approximate surface area is 200 Å². The van der Waals surface area contributed by atoms with Gasteiger partial charge in [0.15, 0.2) is 5.69 Å². The van der Waals surface area contributed by atoms with Crippen molar-refractivity contribution in [2.45, 2.75) is 32.4 Å². The number of primary amides is 1. The van der Waals surface area contributed by atoms with Crippen molar-refractivity contribution in [2.75, 3.05) is 10.6 Å². The molecule has 3 aromatic rings. The normalized spacial score (nSPS) is 12.1. The molecular formula is C23H24ClN5O3S. The maximum atomic E-state index is 13.8. The molecule has 0 aliphatic carbocycles. The van der Waals surface area contributed by atoms with E-state index in [1.54, 1.807) is 54.6 Å². The number of amides is 3. The van der Waals surface area contributed by atoms with Gasteiger partial charge in [0.05, 0.1) is 5.69 Å². The van der Waals surface area contributed by atoms with Crippen LogP contribution < -0.4 is 21.7 Å². The number of halogens is 1. The molecule has 33 heavy (non-hydrogen) atoms. The Balaban J connectivity index is 2.20. The van der Waals surface area contributed by atoms with E-state index in [1.807, 2.05) is 20.8 Å². The minimum Gasteiger partial charge on any atom is -0.395 e. The molecule has 0 aliphatic heterocycles. The summed E-state index contributed by atoms with van der Waals surface area (Å²) in [4.78, 5) is 40.3. The Hall–Kier alpha value is -3.43. The molecule has 0 fully saturated rings. The third kappa shape index (κ3) is 5.50. The van der Waals surface area contributed by atoms with E-state index in [0.717, 1.165) is 11.5 Å². The van der Waals surface area contributed by atoms with Crippen LogP contribution in [0.25, 0.3) is 0 Å². The summed E-state index contributed by atoms with van der Waals surface area (Å²) >= 11 is 6.82. The SMILES string of the molecule is CC(C)(C)NC(=O)[C@H](c1ccc(Cl)cc1)N(C(=O)c1snc(C(N)=O)c1N)c1ccccc1. The highest BCUT2D eigenvalue weighted by Gasteiger charge is 2.37. The van der Waals surface area contributed by atoms with Gasteiger partial charge in [0.2, 0.25) is 5.91 Å². The van der Waals surface area contributed by atoms with Crippen molar-refractivity contribution >= 4 is 52.2 Å². The van der Waals surface area contributed by atoms with E-state index < -0.39 is 29.3 Å². The number of nitrogens with one attached hydrogen (secondary N) is 1. The molecule has 3 amide bonds. The molecular weight excluding hydrogens is 462 g/mol. The topological polar surface area (TPSA) is 131 Å². The number of nitrogens with zero attached hydrogens (tertiary/aromatic N) is 2. The Morgan fingerprint density at radius 3 is 2.18 bits per heavy atom. The van der Waals surface area contributed by atoms with Gasteiger partial charge in [0.25, 0.3) is 11.8 Å². The van der Waals surface area contributed by atoms with Gasteiger partial charge in [-0.1, -0.05) is 41.9 Å². The first-order valence-electron chi connectivity index (χ1n) is 10.0. The van der Waals surface area contributed by atoms with Gasteiger partial charge in [0, 0.05) is 16.2 Å². The van der Waals surface area contributed by atoms with E-state index in [2.05, 4.69) is 9.69 Å². The summed E-state index contributed by atoms with van der Waals surface area (Å²) in [5.41, 5.74) is 11.5. The third-order valence-corrected chi connectivity index (χ3v) is 5.70. The van der Waals surface area contributed by atoms with Crippen LogP contribution in [0.3, 0.4) is 0 Å². The lowest BCUT2D eigenvalue weighted by Crippen LogP contribution is -2.49. The fraction of sp³-hybridized carbons (Fsp3) is 0.217. The van der Waals surface area contributed by atoms with Gasteiger partial charge in [0.1, 0.15) is 10.9 Å². The number of carbonyl (C=O) groups excluding carboxylic acids is 3. The van der Waals surface area contributed by atoms with Gasteiger partial charge in [-0.15, -0.1) is 0 Å². The van der Waals surface area contributed by atoms with Crippen LogP contribution in [0.15, 0.2) is 54.6 Å². The van der Waals surface area contributed by atoms with Crippen LogP contribution >= 0.6 is 23.1 Å². The molecule has 2 aromatic carbocycles. The summed E-state index contributed by atoms with van der Waals surface area (Å²) in [6.07, 6.45) is 0. The van der Waals surface area contributed by atoms with E-state index in [-0.39, 0.29) is 16.3 Å². The Morgan fingerprint density at radius 2 is 1.67 bits per heavy atom. The molecule has 3 rings (SSSR count). The first-order chi connectivity index (χ1) is 15.5. The number of hydrogen-bond donors (Lipinski definition) is 3. The quantitative estimate of drug-likeness (QED) is 0.488. The van der Waals surface area contributed by atoms with Crippen molar-refractivity contribution < 1.29 is 14.4 Å². The smallest absolute Gasteiger partial charge is 0.273 e. The predicted molar refractivity (Wildman–Crippen MR) is 130 cm³/mol. The average Bonchev–Trinajstić information content (AvgIpc) is 3.13. The number of carbonyl (C=O) groups is 3. The largest absolute Gasteiger partial charge is 0.395 e. The molecule has 0 saturated carbocycles. The lowest BCUT2D eigenvalue weighted by Gasteiger charge is -2.33. The van der Waals surface area contributed by atoms with Crippen molar-refractivity contribution in [3.8, 4) is 0 Å². The monoisotopic (exact) mass is 485 g/mol. The fourth-order valence-electron chi connectivity index (χ4n) is 3.21. The highest BCUT2D eigenvalue weighted by atomic mass is 35.5. The van der Waals surface area contributed by atoms with Crippen molar-refractivity contribution in [2.24, 2.45) is 5.73 Å². The van der Waals surface area contributed by atoms with Gasteiger partial charge in [-0.2, -0.15) is 4.37 Å². The Bertz CT molecular complexity index is 1170. The number of para-hydroxylation sites is 1. The maximum absolute atomic E-state index is 13.8. The first kappa shape index (κ1) is 24.2. The minimum absolute atomic E-state index is 0.00942. The summed E-state index contributed by atoms with van der Waals surface area (Å²) in [5, 5.41) is 3.43. The summed E-state index contributed by atoms with van der Waals surface area (Å²) < 4.78 is 3.94. The number of aromatic nitrogens is 1. The number of rotatable bonds is 6. The zero-order valence-electron chi connectivity index (χ0n) is 18.3. The van der Waals surface area contributed by atoms with Gasteiger partial charge in [-0.05, 0) is 62.1 Å². The van der Waals surface area contributed by atoms with Gasteiger partial charge >= 0.3 is 0 Å². The summed E-state index contributed by atoms with van der Waals surface area (Å²) in [5.74, 6) is -1.83. The van der Waals surface area contributed by atoms with Crippen LogP contribution in [0.5, 0.6) is 0 Å². The summed E-state index contributed by atoms with van der Waals surface area (Å²) in [7, 11) is 0. The highest BCUT2D eigenvalue weighted by Crippen LogP contribution is 2.33. The van der Waals surface area contributed by atoms with Crippen LogP contribution in [-0.2, 0) is 4.79 Å². The molecule has 0 unspecified atom stereocenters. The van der Waals surface area contributed by atoms with Crippen molar-refractivity contribution in [1.82, 2.24) is 9.69 Å². The summed E-state index contributed by atoms with van der Waals surface area (Å²) in [6.45, 7) is 5.54. The van der Waals surface area contributed by atoms with Crippen LogP contribution in [0.1, 0.15) is 52.5 Å². The molecule has 1 heterocycles. The van der Waals surface area contributed by atoms with E-state index in [4.69, 9.17) is 23.1 Å². The molecule has 1 aromatic heterocycles. The number of nitrogens with two attached hydrogens (primary N) is 2. The molecule has 10 heteroatoms. The molecule has 1 atom stereocenters. The maximum Gasteiger partial charge on any atom is 0.273 e. The highest BCUT2D eigenvalue weighted by molar-refractivity contribution is 7.09. The number of benzene rings is 2. The molecule has 0 bridgehead atoms. The average molecular weight is 486 g/mol. The van der Waals surface area contributed by atoms with Crippen LogP contribution in [-0.4, -0.2) is 27.6 Å². The number of nitrogen functional groups attached to an aromatic ring is 1. The molecule has 172 valence electrons. The van der Waals surface area contributed by atoms with Crippen molar-refractivity contribution in [3.05, 3.63) is 75.8 Å². The molecule has 0 aliphatic rings. The lowest BCUT2D eigenvalue weighted by molar-refractivity contribution is -0.123. The molecule has 0 saturated heterocycles. The molecule has 0 spiro atoms. The van der Waals surface area contributed by atoms with E-state index in [9.17, 15) is 14.4 Å². The second kappa shape index (κ2) is 9.60. The minimum atomic E-state index is -1.06. The fourth-order valence-corrected chi connectivity index (χ4v) is 4.08. The Kier molecular flexibility index (Phi) is 7.04. The third-order valence-electron chi connectivity index (χ3n) is 4.60. The van der Waals surface area contributed by atoms with Gasteiger partial charge < -0.3 is 16.8 Å². The standard InChI is InChI=1S/C23H24ClN5O3S/c1-23(2,3)27-21(31)18(13-9-11-14(24)12-10-13)29(15-7-5-4-6-8-15)22(32)19-16(25)17(20(26)30)28-33-19/h4-12,18H,25H2,1-3H3,(H2,26,30)(H,27,31)/t18-/m0/s1. The van der Waals surface area contributed by atoms with Crippen molar-refractivity contribution in [3.63, 3.8) is 0 Å². The number of hydrogen-bond acceptors (Lipinski definition) is 6. The van der Waals surface area contributed by atoms with Crippen LogP contribution in [0, 0.1) is 0 Å².